The van der Waals surface area contributed by atoms with Gasteiger partial charge >= 0.3 is 0 Å². The summed E-state index contributed by atoms with van der Waals surface area (Å²) >= 11 is 3.35. The van der Waals surface area contributed by atoms with Crippen LogP contribution in [0.25, 0.3) is 0 Å². The summed E-state index contributed by atoms with van der Waals surface area (Å²) in [7, 11) is -3.44. The van der Waals surface area contributed by atoms with Gasteiger partial charge in [-0.1, -0.05) is 48.2 Å². The van der Waals surface area contributed by atoms with Crippen LogP contribution in [0, 0.1) is 12.8 Å². The van der Waals surface area contributed by atoms with Gasteiger partial charge in [-0.25, -0.2) is 13.1 Å². The lowest BCUT2D eigenvalue weighted by Crippen LogP contribution is -2.42. The number of nitrogens with one attached hydrogen (secondary N) is 1. The third-order valence-electron chi connectivity index (χ3n) is 4.18. The number of sulfonamides is 1. The summed E-state index contributed by atoms with van der Waals surface area (Å²) < 4.78 is 28.9. The molecule has 3 nitrogen and oxygen atoms in total. The Labute approximate surface area is 130 Å². The second-order valence-corrected chi connectivity index (χ2v) is 8.19. The standard InChI is InChI=1S/C15H22BrNO2S/c1-3-12-6-4-5-7-14(12)17-20(18,19)15-10-13(16)9-8-11(15)2/h8-10,12,14,17H,3-7H2,1-2H3. The first kappa shape index (κ1) is 16.0. The van der Waals surface area contributed by atoms with Crippen LogP contribution in [-0.4, -0.2) is 14.5 Å². The Hall–Kier alpha value is -0.390. The van der Waals surface area contributed by atoms with Crippen molar-refractivity contribution in [1.82, 2.24) is 4.72 Å². The Morgan fingerprint density at radius 1 is 1.30 bits per heavy atom. The van der Waals surface area contributed by atoms with Crippen LogP contribution in [0.3, 0.4) is 0 Å². The summed E-state index contributed by atoms with van der Waals surface area (Å²) in [6.07, 6.45) is 5.43. The van der Waals surface area contributed by atoms with Crippen LogP contribution in [0.1, 0.15) is 44.6 Å². The zero-order chi connectivity index (χ0) is 14.8. The summed E-state index contributed by atoms with van der Waals surface area (Å²) in [5, 5.41) is 0. The van der Waals surface area contributed by atoms with Crippen molar-refractivity contribution in [2.75, 3.05) is 0 Å². The van der Waals surface area contributed by atoms with Crippen LogP contribution in [0.15, 0.2) is 27.6 Å². The number of hydrogen-bond donors (Lipinski definition) is 1. The van der Waals surface area contributed by atoms with Gasteiger partial charge in [-0.05, 0) is 43.4 Å². The molecule has 2 unspecified atom stereocenters. The van der Waals surface area contributed by atoms with E-state index in [1.807, 2.05) is 19.1 Å². The molecule has 0 heterocycles. The minimum Gasteiger partial charge on any atom is -0.208 e. The molecule has 1 aromatic rings. The van der Waals surface area contributed by atoms with Gasteiger partial charge in [-0.15, -0.1) is 0 Å². The molecule has 1 aromatic carbocycles. The summed E-state index contributed by atoms with van der Waals surface area (Å²) in [5.74, 6) is 0.464. The van der Waals surface area contributed by atoms with Gasteiger partial charge in [0.2, 0.25) is 10.0 Å². The fraction of sp³-hybridized carbons (Fsp3) is 0.600. The number of hydrogen-bond acceptors (Lipinski definition) is 2. The smallest absolute Gasteiger partial charge is 0.208 e. The number of rotatable bonds is 4. The van der Waals surface area contributed by atoms with Gasteiger partial charge in [0.05, 0.1) is 4.90 Å². The molecular weight excluding hydrogens is 338 g/mol. The van der Waals surface area contributed by atoms with Crippen LogP contribution in [0.2, 0.25) is 0 Å². The number of aryl methyl sites for hydroxylation is 1. The first-order valence-electron chi connectivity index (χ1n) is 7.22. The van der Waals surface area contributed by atoms with Crippen molar-refractivity contribution in [1.29, 1.82) is 0 Å². The van der Waals surface area contributed by atoms with Gasteiger partial charge in [0.1, 0.15) is 0 Å². The molecule has 1 aliphatic carbocycles. The molecule has 1 aliphatic rings. The van der Waals surface area contributed by atoms with Crippen molar-refractivity contribution in [2.45, 2.75) is 56.9 Å². The SMILES string of the molecule is CCC1CCCCC1NS(=O)(=O)c1cc(Br)ccc1C. The van der Waals surface area contributed by atoms with E-state index in [1.165, 1.54) is 6.42 Å². The highest BCUT2D eigenvalue weighted by molar-refractivity contribution is 9.10. The molecule has 1 saturated carbocycles. The van der Waals surface area contributed by atoms with Crippen molar-refractivity contribution in [3.8, 4) is 0 Å². The van der Waals surface area contributed by atoms with Crippen molar-refractivity contribution in [2.24, 2.45) is 5.92 Å². The normalized spacial score (nSPS) is 23.8. The molecule has 5 heteroatoms. The topological polar surface area (TPSA) is 46.2 Å². The Morgan fingerprint density at radius 3 is 2.70 bits per heavy atom. The van der Waals surface area contributed by atoms with E-state index in [2.05, 4.69) is 27.6 Å². The van der Waals surface area contributed by atoms with Gasteiger partial charge in [0.15, 0.2) is 0 Å². The number of benzene rings is 1. The molecule has 1 N–H and O–H groups in total. The van der Waals surface area contributed by atoms with Crippen molar-refractivity contribution in [3.63, 3.8) is 0 Å². The zero-order valence-electron chi connectivity index (χ0n) is 12.0. The van der Waals surface area contributed by atoms with Crippen LogP contribution in [-0.2, 0) is 10.0 Å². The zero-order valence-corrected chi connectivity index (χ0v) is 14.4. The van der Waals surface area contributed by atoms with E-state index in [4.69, 9.17) is 0 Å². The summed E-state index contributed by atoms with van der Waals surface area (Å²) in [6, 6.07) is 5.46. The van der Waals surface area contributed by atoms with E-state index in [1.54, 1.807) is 6.07 Å². The molecule has 2 rings (SSSR count). The molecule has 0 aliphatic heterocycles. The number of halogens is 1. The van der Waals surface area contributed by atoms with Crippen LogP contribution in [0.4, 0.5) is 0 Å². The van der Waals surface area contributed by atoms with Crippen LogP contribution >= 0.6 is 15.9 Å². The van der Waals surface area contributed by atoms with Gasteiger partial charge in [0.25, 0.3) is 0 Å². The summed E-state index contributed by atoms with van der Waals surface area (Å²) in [5.41, 5.74) is 0.782. The first-order chi connectivity index (χ1) is 9.44. The molecule has 0 bridgehead atoms. The van der Waals surface area contributed by atoms with Gasteiger partial charge in [-0.2, -0.15) is 0 Å². The quantitative estimate of drug-likeness (QED) is 0.882. The van der Waals surface area contributed by atoms with Gasteiger partial charge in [0, 0.05) is 10.5 Å². The van der Waals surface area contributed by atoms with Crippen molar-refractivity contribution in [3.05, 3.63) is 28.2 Å². The molecule has 112 valence electrons. The van der Waals surface area contributed by atoms with E-state index in [9.17, 15) is 8.42 Å². The molecule has 0 spiro atoms. The Bertz CT molecular complexity index is 571. The molecule has 2 atom stereocenters. The lowest BCUT2D eigenvalue weighted by molar-refractivity contribution is 0.282. The monoisotopic (exact) mass is 359 g/mol. The minimum absolute atomic E-state index is 0.0807. The maximum atomic E-state index is 12.6. The average molecular weight is 360 g/mol. The van der Waals surface area contributed by atoms with E-state index in [0.29, 0.717) is 10.8 Å². The third kappa shape index (κ3) is 3.62. The van der Waals surface area contributed by atoms with Crippen molar-refractivity contribution >= 4 is 26.0 Å². The van der Waals surface area contributed by atoms with E-state index < -0.39 is 10.0 Å². The Morgan fingerprint density at radius 2 is 2.00 bits per heavy atom. The largest absolute Gasteiger partial charge is 0.241 e. The van der Waals surface area contributed by atoms with Crippen LogP contribution < -0.4 is 4.72 Å². The highest BCUT2D eigenvalue weighted by Gasteiger charge is 2.29. The van der Waals surface area contributed by atoms with Gasteiger partial charge < -0.3 is 0 Å². The Balaban J connectivity index is 2.24. The lowest BCUT2D eigenvalue weighted by atomic mass is 9.83. The molecular formula is C15H22BrNO2S. The maximum Gasteiger partial charge on any atom is 0.241 e. The lowest BCUT2D eigenvalue weighted by Gasteiger charge is -2.31. The summed E-state index contributed by atoms with van der Waals surface area (Å²) in [6.45, 7) is 3.97. The molecule has 0 radical (unpaired) electrons. The maximum absolute atomic E-state index is 12.6. The predicted molar refractivity (Wildman–Crippen MR) is 85.2 cm³/mol. The molecule has 0 saturated heterocycles. The highest BCUT2D eigenvalue weighted by Crippen LogP contribution is 2.29. The average Bonchev–Trinajstić information content (AvgIpc) is 2.41. The van der Waals surface area contributed by atoms with Crippen LogP contribution in [0.5, 0.6) is 0 Å². The minimum atomic E-state index is -3.44. The fourth-order valence-electron chi connectivity index (χ4n) is 2.98. The first-order valence-corrected chi connectivity index (χ1v) is 9.50. The molecule has 1 fully saturated rings. The van der Waals surface area contributed by atoms with E-state index in [-0.39, 0.29) is 6.04 Å². The van der Waals surface area contributed by atoms with E-state index in [0.717, 1.165) is 35.7 Å². The third-order valence-corrected chi connectivity index (χ3v) is 6.30. The predicted octanol–water partition coefficient (Wildman–Crippen LogP) is 4.00. The molecule has 20 heavy (non-hydrogen) atoms. The van der Waals surface area contributed by atoms with E-state index >= 15 is 0 Å². The second-order valence-electron chi connectivity index (χ2n) is 5.59. The van der Waals surface area contributed by atoms with Gasteiger partial charge in [-0.3, -0.25) is 0 Å². The van der Waals surface area contributed by atoms with Crippen molar-refractivity contribution < 1.29 is 8.42 Å². The molecule has 0 aromatic heterocycles. The fourth-order valence-corrected chi connectivity index (χ4v) is 5.10. The second kappa shape index (κ2) is 6.58. The summed E-state index contributed by atoms with van der Waals surface area (Å²) in [4.78, 5) is 0.382. The Kier molecular flexibility index (Phi) is 5.26. The highest BCUT2D eigenvalue weighted by atomic mass is 79.9. The molecule has 0 amide bonds.